The third-order valence-electron chi connectivity index (χ3n) is 5.97. The van der Waals surface area contributed by atoms with E-state index in [2.05, 4.69) is 26.3 Å². The van der Waals surface area contributed by atoms with Gasteiger partial charge in [-0.15, -0.1) is 26.3 Å². The zero-order valence-electron chi connectivity index (χ0n) is 20.1. The van der Waals surface area contributed by atoms with E-state index in [4.69, 9.17) is 17.7 Å². The SMILES string of the molecule is C=CC(C)(CC)O[Si](OC(C)(C=C)CC)(OC(C)(C=C)CC)OC(C)(C=C)CC. The molecule has 0 radical (unpaired) electrons. The monoisotopic (exact) mass is 424 g/mol. The van der Waals surface area contributed by atoms with Crippen LogP contribution >= 0.6 is 0 Å². The van der Waals surface area contributed by atoms with Crippen molar-refractivity contribution in [1.29, 1.82) is 0 Å². The number of hydrogen-bond acceptors (Lipinski definition) is 4. The first-order valence-electron chi connectivity index (χ1n) is 10.7. The van der Waals surface area contributed by atoms with E-state index in [1.165, 1.54) is 0 Å². The zero-order valence-corrected chi connectivity index (χ0v) is 21.1. The number of rotatable bonds is 16. The Labute approximate surface area is 181 Å². The quantitative estimate of drug-likeness (QED) is 0.199. The highest BCUT2D eigenvalue weighted by Gasteiger charge is 2.59. The van der Waals surface area contributed by atoms with Crippen molar-refractivity contribution in [2.45, 2.75) is 103 Å². The maximum absolute atomic E-state index is 6.63. The lowest BCUT2D eigenvalue weighted by Gasteiger charge is -2.46. The van der Waals surface area contributed by atoms with Gasteiger partial charge in [0.25, 0.3) is 0 Å². The van der Waals surface area contributed by atoms with Gasteiger partial charge in [0.15, 0.2) is 0 Å². The Bertz CT molecular complexity index is 476. The van der Waals surface area contributed by atoms with Crippen LogP contribution in [0.1, 0.15) is 81.1 Å². The lowest BCUT2D eigenvalue weighted by molar-refractivity contribution is -0.150. The molecule has 0 saturated carbocycles. The molecule has 4 atom stereocenters. The second-order valence-electron chi connectivity index (χ2n) is 8.39. The third kappa shape index (κ3) is 7.65. The molecule has 0 aromatic rings. The average molecular weight is 425 g/mol. The fourth-order valence-electron chi connectivity index (χ4n) is 2.30. The van der Waals surface area contributed by atoms with Crippen LogP contribution in [0.15, 0.2) is 50.6 Å². The van der Waals surface area contributed by atoms with Crippen molar-refractivity contribution < 1.29 is 17.7 Å². The molecule has 168 valence electrons. The van der Waals surface area contributed by atoms with Crippen molar-refractivity contribution >= 4 is 9.05 Å². The van der Waals surface area contributed by atoms with Crippen molar-refractivity contribution in [2.75, 3.05) is 0 Å². The summed E-state index contributed by atoms with van der Waals surface area (Å²) in [5, 5.41) is 0. The van der Waals surface area contributed by atoms with Gasteiger partial charge in [-0.3, -0.25) is 0 Å². The van der Waals surface area contributed by atoms with E-state index in [1.54, 1.807) is 24.3 Å². The van der Waals surface area contributed by atoms with Gasteiger partial charge in [0.05, 0.1) is 22.4 Å². The lowest BCUT2D eigenvalue weighted by Crippen LogP contribution is -2.63. The molecule has 0 aliphatic heterocycles. The summed E-state index contributed by atoms with van der Waals surface area (Å²) in [6, 6.07) is 0. The van der Waals surface area contributed by atoms with Gasteiger partial charge >= 0.3 is 9.05 Å². The highest BCUT2D eigenvalue weighted by atomic mass is 28.4. The van der Waals surface area contributed by atoms with E-state index in [0.717, 1.165) is 0 Å². The molecule has 4 nitrogen and oxygen atoms in total. The molecule has 0 spiro atoms. The molecule has 0 rings (SSSR count). The molecule has 29 heavy (non-hydrogen) atoms. The van der Waals surface area contributed by atoms with Crippen molar-refractivity contribution in [1.82, 2.24) is 0 Å². The van der Waals surface area contributed by atoms with Crippen LogP contribution in [-0.2, 0) is 17.7 Å². The molecule has 0 saturated heterocycles. The summed E-state index contributed by atoms with van der Waals surface area (Å²) in [6.45, 7) is 31.9. The first-order chi connectivity index (χ1) is 13.3. The van der Waals surface area contributed by atoms with Crippen molar-refractivity contribution in [3.63, 3.8) is 0 Å². The fourth-order valence-corrected chi connectivity index (χ4v) is 5.75. The van der Waals surface area contributed by atoms with Crippen molar-refractivity contribution in [3.8, 4) is 0 Å². The van der Waals surface area contributed by atoms with Gasteiger partial charge in [0, 0.05) is 0 Å². The Morgan fingerprint density at radius 2 is 0.690 bits per heavy atom. The van der Waals surface area contributed by atoms with Crippen molar-refractivity contribution in [3.05, 3.63) is 50.6 Å². The Morgan fingerprint density at radius 1 is 0.517 bits per heavy atom. The van der Waals surface area contributed by atoms with Crippen LogP contribution in [0.5, 0.6) is 0 Å². The summed E-state index contributed by atoms with van der Waals surface area (Å²) in [7, 11) is -3.79. The van der Waals surface area contributed by atoms with Gasteiger partial charge < -0.3 is 17.7 Å². The van der Waals surface area contributed by atoms with E-state index in [0.29, 0.717) is 25.7 Å². The molecule has 0 heterocycles. The standard InChI is InChI=1S/C24H44O4Si/c1-13-21(9,14-2)25-29(26-22(10,15-3)16-4,27-23(11,17-5)18-6)28-24(12,19-7)20-8/h13,15,17,19H,1,3,5,7,14,16,18,20H2,2,4,6,8-12H3. The largest absolute Gasteiger partial charge is 0.682 e. The van der Waals surface area contributed by atoms with Gasteiger partial charge in [-0.2, -0.15) is 0 Å². The van der Waals surface area contributed by atoms with Gasteiger partial charge in [-0.1, -0.05) is 52.0 Å². The van der Waals surface area contributed by atoms with E-state index in [1.807, 2.05) is 55.4 Å². The zero-order chi connectivity index (χ0) is 23.0. The highest BCUT2D eigenvalue weighted by Crippen LogP contribution is 2.38. The van der Waals surface area contributed by atoms with Crippen molar-refractivity contribution in [2.24, 2.45) is 0 Å². The van der Waals surface area contributed by atoms with E-state index >= 15 is 0 Å². The summed E-state index contributed by atoms with van der Waals surface area (Å²) in [5.41, 5.74) is -2.75. The van der Waals surface area contributed by atoms with E-state index in [-0.39, 0.29) is 0 Å². The van der Waals surface area contributed by atoms with Crippen LogP contribution in [0.25, 0.3) is 0 Å². The normalized spacial score (nSPS) is 22.1. The first-order valence-corrected chi connectivity index (χ1v) is 12.3. The predicted octanol–water partition coefficient (Wildman–Crippen LogP) is 6.91. The molecular weight excluding hydrogens is 380 g/mol. The minimum absolute atomic E-state index is 0.687. The Kier molecular flexibility index (Phi) is 10.5. The molecule has 0 N–H and O–H groups in total. The molecule has 0 amide bonds. The molecule has 0 aliphatic carbocycles. The van der Waals surface area contributed by atoms with Crippen LogP contribution < -0.4 is 0 Å². The smallest absolute Gasteiger partial charge is 0.342 e. The summed E-state index contributed by atoms with van der Waals surface area (Å²) in [4.78, 5) is 0. The highest BCUT2D eigenvalue weighted by molar-refractivity contribution is 6.54. The summed E-state index contributed by atoms with van der Waals surface area (Å²) in [5.74, 6) is 0. The van der Waals surface area contributed by atoms with Crippen LogP contribution in [0, 0.1) is 0 Å². The predicted molar refractivity (Wildman–Crippen MR) is 126 cm³/mol. The molecule has 0 aromatic heterocycles. The van der Waals surface area contributed by atoms with E-state index < -0.39 is 31.5 Å². The molecule has 5 heteroatoms. The third-order valence-corrected chi connectivity index (χ3v) is 8.83. The van der Waals surface area contributed by atoms with Gasteiger partial charge in [0.1, 0.15) is 0 Å². The Hall–Kier alpha value is -0.983. The first kappa shape index (κ1) is 28.0. The maximum atomic E-state index is 6.63. The minimum Gasteiger partial charge on any atom is -0.342 e. The van der Waals surface area contributed by atoms with Gasteiger partial charge in [0.2, 0.25) is 0 Å². The molecular formula is C24H44O4Si. The van der Waals surface area contributed by atoms with Crippen LogP contribution in [0.4, 0.5) is 0 Å². The lowest BCUT2D eigenvalue weighted by atomic mass is 10.1. The topological polar surface area (TPSA) is 36.9 Å². The number of hydrogen-bond donors (Lipinski definition) is 0. The minimum atomic E-state index is -3.79. The van der Waals surface area contributed by atoms with Gasteiger partial charge in [-0.25, -0.2) is 0 Å². The molecule has 0 aliphatic rings. The average Bonchev–Trinajstić information content (AvgIpc) is 2.73. The molecule has 0 aromatic carbocycles. The second-order valence-corrected chi connectivity index (χ2v) is 10.2. The summed E-state index contributed by atoms with van der Waals surface area (Å²) in [6.07, 6.45) is 9.84. The molecule has 0 fully saturated rings. The summed E-state index contributed by atoms with van der Waals surface area (Å²) < 4.78 is 26.5. The molecule has 0 bridgehead atoms. The van der Waals surface area contributed by atoms with Crippen LogP contribution in [0.2, 0.25) is 0 Å². The molecule has 4 unspecified atom stereocenters. The Balaban J connectivity index is 6.72. The maximum Gasteiger partial charge on any atom is 0.682 e. The van der Waals surface area contributed by atoms with Gasteiger partial charge in [-0.05, 0) is 53.4 Å². The van der Waals surface area contributed by atoms with E-state index in [9.17, 15) is 0 Å². The van der Waals surface area contributed by atoms with Crippen LogP contribution in [0.3, 0.4) is 0 Å². The summed E-state index contributed by atoms with van der Waals surface area (Å²) >= 11 is 0. The van der Waals surface area contributed by atoms with Crippen LogP contribution in [-0.4, -0.2) is 31.5 Å². The second kappa shape index (κ2) is 10.9. The Morgan fingerprint density at radius 3 is 0.793 bits per heavy atom. The fraction of sp³-hybridized carbons (Fsp3) is 0.667.